The summed E-state index contributed by atoms with van der Waals surface area (Å²) in [7, 11) is -1.53. The topological polar surface area (TPSA) is 63.7 Å². The van der Waals surface area contributed by atoms with Crippen LogP contribution in [0.25, 0.3) is 0 Å². The van der Waals surface area contributed by atoms with E-state index in [0.29, 0.717) is 29.3 Å². The highest BCUT2D eigenvalue weighted by molar-refractivity contribution is 7.91. The number of halogens is 1. The smallest absolute Gasteiger partial charge is 0.254 e. The van der Waals surface area contributed by atoms with Crippen LogP contribution in [0.15, 0.2) is 48.5 Å². The van der Waals surface area contributed by atoms with Crippen molar-refractivity contribution in [1.29, 1.82) is 0 Å². The Hall–Kier alpha value is -2.05. The molecule has 1 amide bonds. The van der Waals surface area contributed by atoms with Gasteiger partial charge in [-0.15, -0.1) is 0 Å². The molecule has 1 heterocycles. The molecule has 2 aromatic rings. The highest BCUT2D eigenvalue weighted by atomic mass is 35.5. The number of carbonyl (C=O) groups is 1. The lowest BCUT2D eigenvalue weighted by Crippen LogP contribution is -2.40. The van der Waals surface area contributed by atoms with Crippen molar-refractivity contribution in [3.05, 3.63) is 64.7 Å². The van der Waals surface area contributed by atoms with Crippen LogP contribution in [0.4, 0.5) is 0 Å². The van der Waals surface area contributed by atoms with Gasteiger partial charge in [0.2, 0.25) is 0 Å². The summed E-state index contributed by atoms with van der Waals surface area (Å²) in [6.07, 6.45) is 0.450. The zero-order chi connectivity index (χ0) is 18.7. The highest BCUT2D eigenvalue weighted by Crippen LogP contribution is 2.24. The number of benzene rings is 2. The standard InChI is InChI=1S/C19H20ClNO4S/c1-25-18-4-2-3-14(11-18)12-21(17-9-10-26(23,24)13-17)19(22)15-5-7-16(20)8-6-15/h2-8,11,17H,9-10,12-13H2,1H3/t17-/m0/s1. The summed E-state index contributed by atoms with van der Waals surface area (Å²) in [5, 5.41) is 0.546. The zero-order valence-electron chi connectivity index (χ0n) is 14.4. The number of rotatable bonds is 5. The van der Waals surface area contributed by atoms with Crippen LogP contribution in [0, 0.1) is 0 Å². The van der Waals surface area contributed by atoms with E-state index in [4.69, 9.17) is 16.3 Å². The van der Waals surface area contributed by atoms with Crippen molar-refractivity contribution >= 4 is 27.3 Å². The van der Waals surface area contributed by atoms with Crippen molar-refractivity contribution in [2.45, 2.75) is 19.0 Å². The number of methoxy groups -OCH3 is 1. The zero-order valence-corrected chi connectivity index (χ0v) is 16.0. The first-order valence-electron chi connectivity index (χ1n) is 8.28. The monoisotopic (exact) mass is 393 g/mol. The third-order valence-corrected chi connectivity index (χ3v) is 6.49. The lowest BCUT2D eigenvalue weighted by Gasteiger charge is -2.28. The molecule has 5 nitrogen and oxygen atoms in total. The van der Waals surface area contributed by atoms with Gasteiger partial charge in [-0.2, -0.15) is 0 Å². The Morgan fingerprint density at radius 3 is 2.58 bits per heavy atom. The van der Waals surface area contributed by atoms with Crippen molar-refractivity contribution < 1.29 is 17.9 Å². The molecule has 1 fully saturated rings. The first-order valence-corrected chi connectivity index (χ1v) is 10.5. The van der Waals surface area contributed by atoms with Crippen molar-refractivity contribution in [3.63, 3.8) is 0 Å². The maximum absolute atomic E-state index is 13.1. The summed E-state index contributed by atoms with van der Waals surface area (Å²) in [5.41, 5.74) is 1.37. The summed E-state index contributed by atoms with van der Waals surface area (Å²) >= 11 is 5.91. The molecule has 3 rings (SSSR count). The molecule has 1 atom stereocenters. The number of sulfone groups is 1. The average Bonchev–Trinajstić information content (AvgIpc) is 2.99. The molecule has 0 saturated carbocycles. The summed E-state index contributed by atoms with van der Waals surface area (Å²) in [6, 6.07) is 13.7. The van der Waals surface area contributed by atoms with Crippen LogP contribution in [0.2, 0.25) is 5.02 Å². The van der Waals surface area contributed by atoms with E-state index in [9.17, 15) is 13.2 Å². The molecule has 7 heteroatoms. The number of hydrogen-bond donors (Lipinski definition) is 0. The highest BCUT2D eigenvalue weighted by Gasteiger charge is 2.35. The van der Waals surface area contributed by atoms with E-state index in [1.165, 1.54) is 0 Å². The largest absolute Gasteiger partial charge is 0.497 e. The third-order valence-electron chi connectivity index (χ3n) is 4.49. The molecule has 0 spiro atoms. The van der Waals surface area contributed by atoms with Gasteiger partial charge in [0, 0.05) is 23.2 Å². The Morgan fingerprint density at radius 2 is 1.96 bits per heavy atom. The average molecular weight is 394 g/mol. The number of nitrogens with zero attached hydrogens (tertiary/aromatic N) is 1. The summed E-state index contributed by atoms with van der Waals surface area (Å²) in [4.78, 5) is 14.7. The molecule has 0 N–H and O–H groups in total. The second-order valence-corrected chi connectivity index (χ2v) is 9.01. The molecule has 138 valence electrons. The van der Waals surface area contributed by atoms with Crippen molar-refractivity contribution in [2.75, 3.05) is 18.6 Å². The maximum atomic E-state index is 13.1. The molecule has 2 aromatic carbocycles. The first-order chi connectivity index (χ1) is 12.4. The number of carbonyl (C=O) groups excluding carboxylic acids is 1. The second kappa shape index (κ2) is 7.68. The summed E-state index contributed by atoms with van der Waals surface area (Å²) < 4.78 is 29.1. The van der Waals surface area contributed by atoms with Gasteiger partial charge >= 0.3 is 0 Å². The minimum absolute atomic E-state index is 0.00367. The minimum Gasteiger partial charge on any atom is -0.497 e. The van der Waals surface area contributed by atoms with Crippen LogP contribution >= 0.6 is 11.6 Å². The Morgan fingerprint density at radius 1 is 1.23 bits per heavy atom. The third kappa shape index (κ3) is 4.37. The van der Waals surface area contributed by atoms with E-state index in [2.05, 4.69) is 0 Å². The molecule has 1 saturated heterocycles. The van der Waals surface area contributed by atoms with Gasteiger partial charge in [0.15, 0.2) is 9.84 Å². The van der Waals surface area contributed by atoms with Gasteiger partial charge in [-0.05, 0) is 48.4 Å². The Kier molecular flexibility index (Phi) is 5.53. The van der Waals surface area contributed by atoms with E-state index in [0.717, 1.165) is 5.56 Å². The summed E-state index contributed by atoms with van der Waals surface area (Å²) in [6.45, 7) is 0.318. The summed E-state index contributed by atoms with van der Waals surface area (Å²) in [5.74, 6) is 0.600. The van der Waals surface area contributed by atoms with Gasteiger partial charge in [0.25, 0.3) is 5.91 Å². The van der Waals surface area contributed by atoms with Crippen LogP contribution in [0.1, 0.15) is 22.3 Å². The lowest BCUT2D eigenvalue weighted by atomic mass is 10.1. The maximum Gasteiger partial charge on any atom is 0.254 e. The van der Waals surface area contributed by atoms with Crippen LogP contribution in [0.3, 0.4) is 0 Å². The minimum atomic E-state index is -3.11. The van der Waals surface area contributed by atoms with Crippen molar-refractivity contribution in [3.8, 4) is 5.75 Å². The fraction of sp³-hybridized carbons (Fsp3) is 0.316. The lowest BCUT2D eigenvalue weighted by molar-refractivity contribution is 0.0681. The van der Waals surface area contributed by atoms with Crippen molar-refractivity contribution in [2.24, 2.45) is 0 Å². The van der Waals surface area contributed by atoms with Gasteiger partial charge in [-0.1, -0.05) is 23.7 Å². The van der Waals surface area contributed by atoms with E-state index in [1.54, 1.807) is 36.3 Å². The molecule has 0 aromatic heterocycles. The van der Waals surface area contributed by atoms with Gasteiger partial charge in [-0.25, -0.2) is 8.42 Å². The molecule has 0 aliphatic carbocycles. The fourth-order valence-corrected chi connectivity index (χ4v) is 4.97. The number of ether oxygens (including phenoxy) is 1. The second-order valence-electron chi connectivity index (χ2n) is 6.35. The molecular formula is C19H20ClNO4S. The molecule has 1 aliphatic rings. The van der Waals surface area contributed by atoms with E-state index in [-0.39, 0.29) is 23.5 Å². The fourth-order valence-electron chi connectivity index (χ4n) is 3.11. The van der Waals surface area contributed by atoms with Crippen LogP contribution < -0.4 is 4.74 Å². The number of hydrogen-bond acceptors (Lipinski definition) is 4. The molecule has 0 bridgehead atoms. The predicted molar refractivity (Wildman–Crippen MR) is 101 cm³/mol. The Bertz CT molecular complexity index is 896. The Labute approximate surface area is 158 Å². The van der Waals surface area contributed by atoms with Gasteiger partial charge < -0.3 is 9.64 Å². The SMILES string of the molecule is COc1cccc(CN(C(=O)c2ccc(Cl)cc2)[C@H]2CCS(=O)(=O)C2)c1. The quantitative estimate of drug-likeness (QED) is 0.782. The van der Waals surface area contributed by atoms with Gasteiger partial charge in [-0.3, -0.25) is 4.79 Å². The molecular weight excluding hydrogens is 374 g/mol. The van der Waals surface area contributed by atoms with Crippen LogP contribution in [0.5, 0.6) is 5.75 Å². The van der Waals surface area contributed by atoms with Gasteiger partial charge in [0.05, 0.1) is 18.6 Å². The number of amides is 1. The van der Waals surface area contributed by atoms with Crippen LogP contribution in [-0.4, -0.2) is 43.9 Å². The molecule has 0 radical (unpaired) electrons. The molecule has 1 aliphatic heterocycles. The normalized spacial score (nSPS) is 18.5. The van der Waals surface area contributed by atoms with E-state index in [1.807, 2.05) is 24.3 Å². The Balaban J connectivity index is 1.90. The first kappa shape index (κ1) is 18.7. The van der Waals surface area contributed by atoms with E-state index >= 15 is 0 Å². The molecule has 0 unspecified atom stereocenters. The van der Waals surface area contributed by atoms with Gasteiger partial charge in [0.1, 0.15) is 5.75 Å². The predicted octanol–water partition coefficient (Wildman–Crippen LogP) is 3.18. The molecule has 26 heavy (non-hydrogen) atoms. The van der Waals surface area contributed by atoms with Crippen LogP contribution in [-0.2, 0) is 16.4 Å². The van der Waals surface area contributed by atoms with Crippen molar-refractivity contribution in [1.82, 2.24) is 4.90 Å². The van der Waals surface area contributed by atoms with E-state index < -0.39 is 9.84 Å².